The van der Waals surface area contributed by atoms with Crippen molar-refractivity contribution in [3.63, 3.8) is 0 Å². The minimum atomic E-state index is 0.183. The van der Waals surface area contributed by atoms with Crippen LogP contribution >= 0.6 is 0 Å². The Kier molecular flexibility index (Phi) is 5.72. The smallest absolute Gasteiger partial charge is 0.220 e. The molecule has 1 N–H and O–H groups in total. The van der Waals surface area contributed by atoms with Crippen molar-refractivity contribution in [2.75, 3.05) is 7.05 Å². The van der Waals surface area contributed by atoms with Crippen LogP contribution in [0.15, 0.2) is 36.7 Å². The van der Waals surface area contributed by atoms with Gasteiger partial charge in [-0.05, 0) is 75.8 Å². The molecule has 2 fully saturated rings. The van der Waals surface area contributed by atoms with E-state index in [2.05, 4.69) is 36.3 Å². The average molecular weight is 379 g/mol. The van der Waals surface area contributed by atoms with Gasteiger partial charge in [-0.15, -0.1) is 0 Å². The van der Waals surface area contributed by atoms with Crippen molar-refractivity contribution in [2.45, 2.75) is 70.0 Å². The maximum absolute atomic E-state index is 11.8. The second-order valence-corrected chi connectivity index (χ2v) is 8.24. The van der Waals surface area contributed by atoms with Gasteiger partial charge >= 0.3 is 0 Å². The van der Waals surface area contributed by atoms with E-state index in [9.17, 15) is 4.79 Å². The number of likely N-dealkylation sites (tertiary alicyclic amines) is 1. The van der Waals surface area contributed by atoms with E-state index in [0.717, 1.165) is 32.1 Å². The van der Waals surface area contributed by atoms with E-state index in [0.29, 0.717) is 12.5 Å². The summed E-state index contributed by atoms with van der Waals surface area (Å²) in [5.41, 5.74) is 4.88. The summed E-state index contributed by atoms with van der Waals surface area (Å²) in [5, 5.41) is 3.16. The van der Waals surface area contributed by atoms with E-state index >= 15 is 0 Å². The number of carbonyl (C=O) groups excluding carboxylic acids is 1. The number of hydrogen-bond donors (Lipinski definition) is 1. The lowest BCUT2D eigenvalue weighted by atomic mass is 9.87. The summed E-state index contributed by atoms with van der Waals surface area (Å²) in [4.78, 5) is 23.8. The van der Waals surface area contributed by atoms with Crippen molar-refractivity contribution in [1.29, 1.82) is 0 Å². The highest BCUT2D eigenvalue weighted by molar-refractivity contribution is 5.77. The Morgan fingerprint density at radius 1 is 1.04 bits per heavy atom. The fourth-order valence-electron chi connectivity index (χ4n) is 4.86. The molecule has 2 aromatic rings. The molecule has 2 aliphatic heterocycles. The number of carbonyl (C=O) groups is 1. The molecule has 4 rings (SSSR count). The molecule has 0 radical (unpaired) electrons. The largest absolute Gasteiger partial charge is 0.353 e. The van der Waals surface area contributed by atoms with Gasteiger partial charge in [0.15, 0.2) is 0 Å². The average Bonchev–Trinajstić information content (AvgIpc) is 2.70. The molecule has 2 saturated heterocycles. The van der Waals surface area contributed by atoms with Crippen molar-refractivity contribution in [3.8, 4) is 0 Å². The molecule has 2 aromatic heterocycles. The monoisotopic (exact) mass is 378 g/mol. The fourth-order valence-corrected chi connectivity index (χ4v) is 4.86. The lowest BCUT2D eigenvalue weighted by Gasteiger charge is -2.40. The summed E-state index contributed by atoms with van der Waals surface area (Å²) >= 11 is 0. The molecule has 5 nitrogen and oxygen atoms in total. The number of nitrogens with zero attached hydrogens (tertiary/aromatic N) is 3. The van der Waals surface area contributed by atoms with Crippen LogP contribution in [0.5, 0.6) is 0 Å². The topological polar surface area (TPSA) is 58.1 Å². The molecule has 28 heavy (non-hydrogen) atoms. The van der Waals surface area contributed by atoms with Crippen molar-refractivity contribution >= 4 is 5.91 Å². The van der Waals surface area contributed by atoms with Crippen LogP contribution in [0.25, 0.3) is 0 Å². The predicted molar refractivity (Wildman–Crippen MR) is 110 cm³/mol. The van der Waals surface area contributed by atoms with Gasteiger partial charge in [-0.2, -0.15) is 0 Å². The first-order valence-corrected chi connectivity index (χ1v) is 10.5. The zero-order valence-corrected chi connectivity index (χ0v) is 16.9. The maximum atomic E-state index is 11.8. The van der Waals surface area contributed by atoms with Crippen LogP contribution in [0.3, 0.4) is 0 Å². The normalized spacial score (nSPS) is 26.1. The van der Waals surface area contributed by atoms with Crippen molar-refractivity contribution in [1.82, 2.24) is 20.2 Å². The Balaban J connectivity index is 1.58. The highest BCUT2D eigenvalue weighted by atomic mass is 16.1. The van der Waals surface area contributed by atoms with E-state index in [1.54, 1.807) is 0 Å². The Morgan fingerprint density at radius 3 is 2.50 bits per heavy atom. The number of aryl methyl sites for hydroxylation is 1. The molecule has 0 saturated carbocycles. The van der Waals surface area contributed by atoms with Gasteiger partial charge in [0.2, 0.25) is 5.91 Å². The van der Waals surface area contributed by atoms with Gasteiger partial charge in [-0.1, -0.05) is 12.1 Å². The van der Waals surface area contributed by atoms with Gasteiger partial charge in [-0.25, -0.2) is 0 Å². The SMILES string of the molecule is Cc1cccnc1[C@@H]1CCC[C@H](c2ncccc2CC2CCCC(=O)N2)N1C. The maximum Gasteiger partial charge on any atom is 0.220 e. The third-order valence-electron chi connectivity index (χ3n) is 6.33. The Bertz CT molecular complexity index is 837. The molecule has 0 aliphatic carbocycles. The van der Waals surface area contributed by atoms with Crippen molar-refractivity contribution in [2.24, 2.45) is 0 Å². The number of rotatable bonds is 4. The minimum Gasteiger partial charge on any atom is -0.353 e. The molecule has 148 valence electrons. The van der Waals surface area contributed by atoms with E-state index in [-0.39, 0.29) is 18.0 Å². The molecule has 0 bridgehead atoms. The zero-order chi connectivity index (χ0) is 19.5. The minimum absolute atomic E-state index is 0.183. The number of nitrogens with one attached hydrogen (secondary N) is 1. The molecule has 0 aromatic carbocycles. The molecule has 4 heterocycles. The number of aromatic nitrogens is 2. The summed E-state index contributed by atoms with van der Waals surface area (Å²) in [6.07, 6.45) is 10.8. The first kappa shape index (κ1) is 19.1. The molecule has 1 unspecified atom stereocenters. The predicted octanol–water partition coefficient (Wildman–Crippen LogP) is 3.89. The van der Waals surface area contributed by atoms with Crippen LogP contribution < -0.4 is 5.32 Å². The first-order chi connectivity index (χ1) is 13.6. The first-order valence-electron chi connectivity index (χ1n) is 10.5. The standard InChI is InChI=1S/C23H30N4O/c1-16-7-5-13-24-22(16)19-10-4-11-20(27(19)2)23-17(8-6-14-25-23)15-18-9-3-12-21(28)26-18/h5-8,13-14,18-20H,3-4,9-12,15H2,1-2H3,(H,26,28)/t18?,19-,20+/m0/s1. The zero-order valence-electron chi connectivity index (χ0n) is 16.9. The second kappa shape index (κ2) is 8.39. The van der Waals surface area contributed by atoms with E-state index in [4.69, 9.17) is 9.97 Å². The van der Waals surface area contributed by atoms with Crippen LogP contribution in [0.2, 0.25) is 0 Å². The van der Waals surface area contributed by atoms with Crippen molar-refractivity contribution in [3.05, 3.63) is 59.2 Å². The highest BCUT2D eigenvalue weighted by Crippen LogP contribution is 2.41. The molecule has 0 spiro atoms. The number of pyridine rings is 2. The van der Waals surface area contributed by atoms with Gasteiger partial charge in [-0.3, -0.25) is 19.7 Å². The summed E-state index contributed by atoms with van der Waals surface area (Å²) in [6.45, 7) is 2.15. The van der Waals surface area contributed by atoms with E-state index < -0.39 is 0 Å². The van der Waals surface area contributed by atoms with Crippen LogP contribution in [0, 0.1) is 6.92 Å². The summed E-state index contributed by atoms with van der Waals surface area (Å²) in [7, 11) is 2.21. The van der Waals surface area contributed by atoms with Crippen LogP contribution in [-0.4, -0.2) is 33.9 Å². The van der Waals surface area contributed by atoms with Gasteiger partial charge < -0.3 is 5.32 Å². The summed E-state index contributed by atoms with van der Waals surface area (Å²) < 4.78 is 0. The molecule has 1 amide bonds. The van der Waals surface area contributed by atoms with Crippen molar-refractivity contribution < 1.29 is 4.79 Å². The molecule has 3 atom stereocenters. The number of hydrogen-bond acceptors (Lipinski definition) is 4. The van der Waals surface area contributed by atoms with E-state index in [1.807, 2.05) is 24.5 Å². The lowest BCUT2D eigenvalue weighted by molar-refractivity contribution is -0.123. The summed E-state index contributed by atoms with van der Waals surface area (Å²) in [5.74, 6) is 0.183. The molecular formula is C23H30N4O. The third-order valence-corrected chi connectivity index (χ3v) is 6.33. The van der Waals surface area contributed by atoms with E-state index in [1.165, 1.54) is 28.9 Å². The summed E-state index contributed by atoms with van der Waals surface area (Å²) in [6, 6.07) is 9.21. The van der Waals surface area contributed by atoms with Crippen LogP contribution in [0.4, 0.5) is 0 Å². The van der Waals surface area contributed by atoms with Gasteiger partial charge in [0.05, 0.1) is 23.5 Å². The van der Waals surface area contributed by atoms with Crippen LogP contribution in [0.1, 0.15) is 73.1 Å². The second-order valence-electron chi connectivity index (χ2n) is 8.24. The fraction of sp³-hybridized carbons (Fsp3) is 0.522. The lowest BCUT2D eigenvalue weighted by Crippen LogP contribution is -2.40. The quantitative estimate of drug-likeness (QED) is 0.877. The Hall–Kier alpha value is -2.27. The van der Waals surface area contributed by atoms with Gasteiger partial charge in [0, 0.05) is 24.9 Å². The number of amides is 1. The third kappa shape index (κ3) is 3.95. The number of piperidine rings is 2. The van der Waals surface area contributed by atoms with Gasteiger partial charge in [0.25, 0.3) is 0 Å². The molecule has 5 heteroatoms. The Morgan fingerprint density at radius 2 is 1.75 bits per heavy atom. The van der Waals surface area contributed by atoms with Crippen LogP contribution in [-0.2, 0) is 11.2 Å². The highest BCUT2D eigenvalue weighted by Gasteiger charge is 2.33. The Labute approximate surface area is 167 Å². The van der Waals surface area contributed by atoms with Gasteiger partial charge in [0.1, 0.15) is 0 Å². The molecule has 2 aliphatic rings. The molecular weight excluding hydrogens is 348 g/mol.